The van der Waals surface area contributed by atoms with Gasteiger partial charge >= 0.3 is 0 Å². The van der Waals surface area contributed by atoms with E-state index < -0.39 is 0 Å². The van der Waals surface area contributed by atoms with Gasteiger partial charge in [0.25, 0.3) is 0 Å². The Morgan fingerprint density at radius 2 is 2.27 bits per heavy atom. The van der Waals surface area contributed by atoms with Crippen LogP contribution in [0.3, 0.4) is 0 Å². The topological polar surface area (TPSA) is 18.5 Å². The number of aryl methyl sites for hydroxylation is 1. The Labute approximate surface area is 91.2 Å². The van der Waals surface area contributed by atoms with E-state index in [-0.39, 0.29) is 0 Å². The minimum absolute atomic E-state index is 0.301. The van der Waals surface area contributed by atoms with Crippen LogP contribution in [0.15, 0.2) is 24.3 Å². The lowest BCUT2D eigenvalue weighted by atomic mass is 10.1. The monoisotopic (exact) mass is 206 g/mol. The van der Waals surface area contributed by atoms with Gasteiger partial charge in [0.05, 0.1) is 6.10 Å². The first-order valence-electron chi connectivity index (χ1n) is 5.72. The number of para-hydroxylation sites is 1. The molecule has 1 saturated heterocycles. The van der Waals surface area contributed by atoms with Gasteiger partial charge < -0.3 is 9.47 Å². The highest BCUT2D eigenvalue weighted by Gasteiger charge is 2.16. The Morgan fingerprint density at radius 3 is 3.00 bits per heavy atom. The fourth-order valence-electron chi connectivity index (χ4n) is 1.90. The molecule has 2 heteroatoms. The second-order valence-corrected chi connectivity index (χ2v) is 3.91. The first-order chi connectivity index (χ1) is 7.40. The van der Waals surface area contributed by atoms with Crippen LogP contribution in [0, 0.1) is 0 Å². The summed E-state index contributed by atoms with van der Waals surface area (Å²) in [4.78, 5) is 0. The predicted molar refractivity (Wildman–Crippen MR) is 60.3 cm³/mol. The van der Waals surface area contributed by atoms with Crippen molar-refractivity contribution >= 4 is 0 Å². The third-order valence-electron chi connectivity index (χ3n) is 2.80. The van der Waals surface area contributed by atoms with Crippen LogP contribution in [0.1, 0.15) is 25.3 Å². The van der Waals surface area contributed by atoms with Crippen molar-refractivity contribution < 1.29 is 9.47 Å². The summed E-state index contributed by atoms with van der Waals surface area (Å²) in [5.41, 5.74) is 1.27. The van der Waals surface area contributed by atoms with E-state index >= 15 is 0 Å². The van der Waals surface area contributed by atoms with E-state index in [1.165, 1.54) is 12.0 Å². The molecule has 0 spiro atoms. The van der Waals surface area contributed by atoms with Gasteiger partial charge in [0.15, 0.2) is 0 Å². The van der Waals surface area contributed by atoms with Crippen LogP contribution in [-0.2, 0) is 11.2 Å². The summed E-state index contributed by atoms with van der Waals surface area (Å²) in [6.07, 6.45) is 3.62. The molecular formula is C13H18O2. The van der Waals surface area contributed by atoms with Crippen molar-refractivity contribution in [2.24, 2.45) is 0 Å². The van der Waals surface area contributed by atoms with Gasteiger partial charge in [-0.25, -0.2) is 0 Å². The molecule has 82 valence electrons. The van der Waals surface area contributed by atoms with E-state index in [2.05, 4.69) is 19.1 Å². The highest BCUT2D eigenvalue weighted by molar-refractivity contribution is 5.33. The van der Waals surface area contributed by atoms with Crippen LogP contribution < -0.4 is 4.74 Å². The third kappa shape index (κ3) is 2.72. The lowest BCUT2D eigenvalue weighted by molar-refractivity contribution is 0.0676. The maximum Gasteiger partial charge on any atom is 0.122 e. The lowest BCUT2D eigenvalue weighted by Gasteiger charge is -2.13. The fourth-order valence-corrected chi connectivity index (χ4v) is 1.90. The maximum absolute atomic E-state index is 5.79. The molecule has 1 fully saturated rings. The Hall–Kier alpha value is -1.02. The molecule has 0 aliphatic carbocycles. The van der Waals surface area contributed by atoms with Crippen molar-refractivity contribution in [1.82, 2.24) is 0 Å². The lowest BCUT2D eigenvalue weighted by Crippen LogP contribution is -2.16. The van der Waals surface area contributed by atoms with Gasteiger partial charge in [-0.1, -0.05) is 25.1 Å². The highest BCUT2D eigenvalue weighted by atomic mass is 16.5. The van der Waals surface area contributed by atoms with Gasteiger partial charge in [-0.05, 0) is 30.9 Å². The second-order valence-electron chi connectivity index (χ2n) is 3.91. The molecule has 0 bridgehead atoms. The molecule has 1 atom stereocenters. The average molecular weight is 206 g/mol. The first-order valence-corrected chi connectivity index (χ1v) is 5.72. The Kier molecular flexibility index (Phi) is 3.62. The molecule has 0 aromatic heterocycles. The highest BCUT2D eigenvalue weighted by Crippen LogP contribution is 2.20. The number of benzene rings is 1. The molecular weight excluding hydrogens is 188 g/mol. The van der Waals surface area contributed by atoms with E-state index in [0.29, 0.717) is 12.7 Å². The van der Waals surface area contributed by atoms with E-state index in [1.807, 2.05) is 12.1 Å². The number of hydrogen-bond acceptors (Lipinski definition) is 2. The summed E-state index contributed by atoms with van der Waals surface area (Å²) < 4.78 is 11.3. The maximum atomic E-state index is 5.79. The largest absolute Gasteiger partial charge is 0.491 e. The van der Waals surface area contributed by atoms with E-state index in [4.69, 9.17) is 9.47 Å². The summed E-state index contributed by atoms with van der Waals surface area (Å²) in [6, 6.07) is 8.22. The molecule has 0 saturated carbocycles. The van der Waals surface area contributed by atoms with Crippen LogP contribution in [0.4, 0.5) is 0 Å². The van der Waals surface area contributed by atoms with E-state index in [9.17, 15) is 0 Å². The van der Waals surface area contributed by atoms with Crippen LogP contribution in [0.5, 0.6) is 5.75 Å². The van der Waals surface area contributed by atoms with Gasteiger partial charge in [-0.15, -0.1) is 0 Å². The Bertz CT molecular complexity index is 303. The van der Waals surface area contributed by atoms with E-state index in [0.717, 1.165) is 25.2 Å². The third-order valence-corrected chi connectivity index (χ3v) is 2.80. The van der Waals surface area contributed by atoms with Crippen LogP contribution in [0.25, 0.3) is 0 Å². The summed E-state index contributed by atoms with van der Waals surface area (Å²) in [5.74, 6) is 1.01. The SMILES string of the molecule is CCc1ccccc1OCC1CCCO1. The zero-order valence-electron chi connectivity index (χ0n) is 9.24. The summed E-state index contributed by atoms with van der Waals surface area (Å²) >= 11 is 0. The molecule has 1 aliphatic rings. The standard InChI is InChI=1S/C13H18O2/c1-2-11-6-3-4-8-13(11)15-10-12-7-5-9-14-12/h3-4,6,8,12H,2,5,7,9-10H2,1H3. The van der Waals surface area contributed by atoms with Gasteiger partial charge in [0.2, 0.25) is 0 Å². The average Bonchev–Trinajstić information content (AvgIpc) is 2.79. The van der Waals surface area contributed by atoms with Crippen molar-refractivity contribution in [2.45, 2.75) is 32.3 Å². The van der Waals surface area contributed by atoms with Crippen molar-refractivity contribution in [1.29, 1.82) is 0 Å². The summed E-state index contributed by atoms with van der Waals surface area (Å²) in [5, 5.41) is 0. The van der Waals surface area contributed by atoms with E-state index in [1.54, 1.807) is 0 Å². The molecule has 2 rings (SSSR count). The minimum atomic E-state index is 0.301. The molecule has 1 aromatic carbocycles. The number of hydrogen-bond donors (Lipinski definition) is 0. The quantitative estimate of drug-likeness (QED) is 0.754. The molecule has 2 nitrogen and oxygen atoms in total. The summed E-state index contributed by atoms with van der Waals surface area (Å²) in [7, 11) is 0. The minimum Gasteiger partial charge on any atom is -0.491 e. The fraction of sp³-hybridized carbons (Fsp3) is 0.538. The van der Waals surface area contributed by atoms with Crippen molar-refractivity contribution in [3.63, 3.8) is 0 Å². The molecule has 1 unspecified atom stereocenters. The smallest absolute Gasteiger partial charge is 0.122 e. The van der Waals surface area contributed by atoms with Gasteiger partial charge in [0, 0.05) is 6.61 Å². The van der Waals surface area contributed by atoms with Crippen molar-refractivity contribution in [2.75, 3.05) is 13.2 Å². The molecule has 15 heavy (non-hydrogen) atoms. The van der Waals surface area contributed by atoms with Crippen LogP contribution in [-0.4, -0.2) is 19.3 Å². The second kappa shape index (κ2) is 5.17. The van der Waals surface area contributed by atoms with Crippen LogP contribution >= 0.6 is 0 Å². The van der Waals surface area contributed by atoms with Crippen molar-refractivity contribution in [3.05, 3.63) is 29.8 Å². The van der Waals surface area contributed by atoms with Gasteiger partial charge in [-0.3, -0.25) is 0 Å². The van der Waals surface area contributed by atoms with Crippen LogP contribution in [0.2, 0.25) is 0 Å². The predicted octanol–water partition coefficient (Wildman–Crippen LogP) is 2.81. The summed E-state index contributed by atoms with van der Waals surface area (Å²) in [6.45, 7) is 3.73. The zero-order chi connectivity index (χ0) is 10.5. The molecule has 1 heterocycles. The first kappa shape index (κ1) is 10.5. The van der Waals surface area contributed by atoms with Crippen molar-refractivity contribution in [3.8, 4) is 5.75 Å². The molecule has 0 radical (unpaired) electrons. The Morgan fingerprint density at radius 1 is 1.40 bits per heavy atom. The van der Waals surface area contributed by atoms with Gasteiger partial charge in [-0.2, -0.15) is 0 Å². The molecule has 0 amide bonds. The number of ether oxygens (including phenoxy) is 2. The molecule has 0 N–H and O–H groups in total. The molecule has 1 aromatic rings. The normalized spacial score (nSPS) is 20.5. The number of rotatable bonds is 4. The zero-order valence-corrected chi connectivity index (χ0v) is 9.24. The van der Waals surface area contributed by atoms with Gasteiger partial charge in [0.1, 0.15) is 12.4 Å². The Balaban J connectivity index is 1.91. The molecule has 1 aliphatic heterocycles.